The molecule has 0 unspecified atom stereocenters. The van der Waals surface area contributed by atoms with E-state index in [9.17, 15) is 9.59 Å². The number of hydrogen-bond acceptors (Lipinski definition) is 3. The first-order chi connectivity index (χ1) is 15.4. The molecule has 0 bridgehead atoms. The van der Waals surface area contributed by atoms with Gasteiger partial charge in [-0.2, -0.15) is 0 Å². The van der Waals surface area contributed by atoms with E-state index in [0.717, 1.165) is 43.4 Å². The maximum Gasteiger partial charge on any atom is 0.336 e. The van der Waals surface area contributed by atoms with Gasteiger partial charge in [-0.25, -0.2) is 10.2 Å². The molecule has 1 aromatic heterocycles. The van der Waals surface area contributed by atoms with E-state index in [4.69, 9.17) is 0 Å². The number of nitrogens with one attached hydrogen (secondary N) is 1. The van der Waals surface area contributed by atoms with Crippen LogP contribution < -0.4 is 5.43 Å². The Hall–Kier alpha value is -2.34. The van der Waals surface area contributed by atoms with E-state index in [2.05, 4.69) is 30.2 Å². The highest BCUT2D eigenvalue weighted by atomic mass is 16.2. The number of rotatable bonds is 7. The van der Waals surface area contributed by atoms with Crippen LogP contribution in [-0.2, 0) is 12.8 Å². The Kier molecular flexibility index (Phi) is 6.61. The van der Waals surface area contributed by atoms with E-state index in [1.807, 2.05) is 24.6 Å². The summed E-state index contributed by atoms with van der Waals surface area (Å²) in [5.41, 5.74) is 8.74. The van der Waals surface area contributed by atoms with Crippen LogP contribution in [0.5, 0.6) is 0 Å². The average Bonchev–Trinajstić information content (AvgIpc) is 3.08. The van der Waals surface area contributed by atoms with Crippen LogP contribution in [0, 0.1) is 0 Å². The van der Waals surface area contributed by atoms with Crippen LogP contribution >= 0.6 is 0 Å². The topological polar surface area (TPSA) is 57.6 Å². The fourth-order valence-corrected chi connectivity index (χ4v) is 6.01. The fourth-order valence-electron chi connectivity index (χ4n) is 6.01. The first kappa shape index (κ1) is 22.8. The van der Waals surface area contributed by atoms with Crippen molar-refractivity contribution in [1.82, 2.24) is 14.5 Å². The monoisotopic (exact) mass is 438 g/mol. The Balaban J connectivity index is 1.91. The van der Waals surface area contributed by atoms with Crippen molar-refractivity contribution in [3.63, 3.8) is 0 Å². The van der Waals surface area contributed by atoms with Gasteiger partial charge in [0.2, 0.25) is 0 Å². The third-order valence-electron chi connectivity index (χ3n) is 7.53. The van der Waals surface area contributed by atoms with Gasteiger partial charge in [-0.05, 0) is 89.2 Å². The van der Waals surface area contributed by atoms with Gasteiger partial charge in [0.25, 0.3) is 0 Å². The number of aromatic nitrogens is 1. The molecule has 4 rings (SSSR count). The summed E-state index contributed by atoms with van der Waals surface area (Å²) in [6.07, 6.45) is 5.37. The van der Waals surface area contributed by atoms with Gasteiger partial charge in [0.15, 0.2) is 5.78 Å². The lowest BCUT2D eigenvalue weighted by atomic mass is 9.74. The summed E-state index contributed by atoms with van der Waals surface area (Å²) in [7, 11) is 0. The number of carbonyl (C=O) groups excluding carboxylic acids is 2. The smallest absolute Gasteiger partial charge is 0.324 e. The van der Waals surface area contributed by atoms with Gasteiger partial charge in [-0.15, -0.1) is 0 Å². The van der Waals surface area contributed by atoms with Gasteiger partial charge >= 0.3 is 6.03 Å². The second-order valence-corrected chi connectivity index (χ2v) is 9.28. The number of nitrogens with zero attached hydrogens (tertiary/aromatic N) is 3. The number of ketones is 1. The molecule has 1 N–H and O–H groups in total. The van der Waals surface area contributed by atoms with Crippen molar-refractivity contribution >= 4 is 22.7 Å². The van der Waals surface area contributed by atoms with Gasteiger partial charge in [0.05, 0.1) is 5.52 Å². The molecule has 6 nitrogen and oxygen atoms in total. The zero-order valence-corrected chi connectivity index (χ0v) is 20.3. The quantitative estimate of drug-likeness (QED) is 0.624. The van der Waals surface area contributed by atoms with Crippen LogP contribution in [0.4, 0.5) is 4.79 Å². The molecule has 1 aliphatic carbocycles. The predicted octanol–water partition coefficient (Wildman–Crippen LogP) is 4.93. The lowest BCUT2D eigenvalue weighted by Gasteiger charge is -2.44. The minimum atomic E-state index is -0.0906. The number of Topliss-reactive ketones (excluding diaryl/α,β-unsaturated/α-hetero) is 1. The number of benzene rings is 1. The summed E-state index contributed by atoms with van der Waals surface area (Å²) in [5.74, 6) is 0.526. The van der Waals surface area contributed by atoms with E-state index >= 15 is 0 Å². The molecule has 0 saturated carbocycles. The lowest BCUT2D eigenvalue weighted by Crippen LogP contribution is -2.47. The Morgan fingerprint density at radius 3 is 2.53 bits per heavy atom. The fraction of sp³-hybridized carbons (Fsp3) is 0.615. The number of piperidine rings is 1. The highest BCUT2D eigenvalue weighted by molar-refractivity contribution is 6.01. The van der Waals surface area contributed by atoms with E-state index in [1.54, 1.807) is 11.8 Å². The molecule has 2 heterocycles. The third-order valence-corrected chi connectivity index (χ3v) is 7.53. The normalized spacial score (nSPS) is 20.3. The number of fused-ring (bicyclic) bond motifs is 2. The Bertz CT molecular complexity index is 1020. The van der Waals surface area contributed by atoms with Crippen molar-refractivity contribution in [2.45, 2.75) is 78.7 Å². The molecule has 1 fully saturated rings. The first-order valence-electron chi connectivity index (χ1n) is 12.5. The second kappa shape index (κ2) is 9.26. The lowest BCUT2D eigenvalue weighted by molar-refractivity contribution is 0.101. The summed E-state index contributed by atoms with van der Waals surface area (Å²) in [5, 5.41) is 1.27. The van der Waals surface area contributed by atoms with Gasteiger partial charge in [0, 0.05) is 41.7 Å². The molecule has 1 aliphatic heterocycles. The van der Waals surface area contributed by atoms with Crippen molar-refractivity contribution < 1.29 is 9.59 Å². The molecule has 2 amide bonds. The van der Waals surface area contributed by atoms with Crippen molar-refractivity contribution in [1.29, 1.82) is 0 Å². The van der Waals surface area contributed by atoms with Gasteiger partial charge in [-0.3, -0.25) is 14.4 Å². The van der Waals surface area contributed by atoms with E-state index in [0.29, 0.717) is 25.0 Å². The first-order valence-corrected chi connectivity index (χ1v) is 12.5. The summed E-state index contributed by atoms with van der Waals surface area (Å²) < 4.78 is 1.99. The van der Waals surface area contributed by atoms with Crippen molar-refractivity contribution in [2.24, 2.45) is 0 Å². The van der Waals surface area contributed by atoms with Gasteiger partial charge in [0.1, 0.15) is 0 Å². The van der Waals surface area contributed by atoms with Crippen LogP contribution in [0.2, 0.25) is 0 Å². The Labute approximate surface area is 191 Å². The zero-order chi connectivity index (χ0) is 23.0. The van der Waals surface area contributed by atoms with Crippen molar-refractivity contribution in [3.05, 3.63) is 34.5 Å². The summed E-state index contributed by atoms with van der Waals surface area (Å²) >= 11 is 0. The molecule has 32 heavy (non-hydrogen) atoms. The molecular weight excluding hydrogens is 400 g/mol. The van der Waals surface area contributed by atoms with Crippen molar-refractivity contribution in [3.8, 4) is 0 Å². The van der Waals surface area contributed by atoms with Crippen LogP contribution in [-0.4, -0.2) is 58.5 Å². The van der Waals surface area contributed by atoms with Crippen LogP contribution in [0.25, 0.3) is 10.9 Å². The minimum absolute atomic E-state index is 0.0777. The average molecular weight is 439 g/mol. The molecular formula is C26H38N4O2. The highest BCUT2D eigenvalue weighted by Crippen LogP contribution is 2.46. The van der Waals surface area contributed by atoms with E-state index in [1.165, 1.54) is 35.0 Å². The summed E-state index contributed by atoms with van der Waals surface area (Å²) in [4.78, 5) is 29.9. The maximum atomic E-state index is 13.0. The molecule has 1 saturated heterocycles. The van der Waals surface area contributed by atoms with Gasteiger partial charge in [-0.1, -0.05) is 13.8 Å². The highest BCUT2D eigenvalue weighted by Gasteiger charge is 2.39. The summed E-state index contributed by atoms with van der Waals surface area (Å²) in [6, 6.07) is 4.52. The molecule has 2 aromatic rings. The molecule has 0 radical (unpaired) electrons. The molecule has 174 valence electrons. The van der Waals surface area contributed by atoms with Crippen molar-refractivity contribution in [2.75, 3.05) is 31.6 Å². The van der Waals surface area contributed by atoms with Crippen LogP contribution in [0.3, 0.4) is 0 Å². The Morgan fingerprint density at radius 1 is 1.16 bits per heavy atom. The van der Waals surface area contributed by atoms with Crippen LogP contribution in [0.1, 0.15) is 87.0 Å². The van der Waals surface area contributed by atoms with E-state index < -0.39 is 0 Å². The van der Waals surface area contributed by atoms with E-state index in [-0.39, 0.29) is 11.8 Å². The number of carbonyl (C=O) groups is 2. The number of likely N-dealkylation sites (tertiary alicyclic amines) is 1. The zero-order valence-electron chi connectivity index (χ0n) is 20.3. The minimum Gasteiger partial charge on any atom is -0.324 e. The largest absolute Gasteiger partial charge is 0.336 e. The maximum absolute atomic E-state index is 13.0. The number of hydrogen-bond donors (Lipinski definition) is 1. The standard InChI is InChI=1S/C26H38N4O2/c1-6-12-29-13-10-11-19-20-14-18(17(5)31)15-24-25(20)21(16-23(19)29)22(7-2)30(24)27-26(32)28(8-3)9-4/h14-15,19,23H,6-13,16H2,1-5H3,(H,27,32)/t19-,23-/m1/s1. The third kappa shape index (κ3) is 3.72. The molecule has 2 atom stereocenters. The van der Waals surface area contributed by atoms with Gasteiger partial charge < -0.3 is 4.90 Å². The SMILES string of the molecule is CCCN1CCC[C@@H]2c3cc(C(C)=O)cc4c3c(c(CC)n4NC(=O)N(CC)CC)C[C@H]21. The molecule has 6 heteroatoms. The predicted molar refractivity (Wildman–Crippen MR) is 130 cm³/mol. The molecule has 1 aromatic carbocycles. The van der Waals surface area contributed by atoms with Crippen LogP contribution in [0.15, 0.2) is 12.1 Å². The number of urea groups is 1. The number of amides is 2. The second-order valence-electron chi connectivity index (χ2n) is 9.28. The summed E-state index contributed by atoms with van der Waals surface area (Å²) in [6.45, 7) is 13.6. The Morgan fingerprint density at radius 2 is 1.91 bits per heavy atom. The molecule has 2 aliphatic rings. The molecule has 0 spiro atoms.